The van der Waals surface area contributed by atoms with E-state index in [1.807, 2.05) is 55.5 Å². The molecule has 1 heterocycles. The minimum absolute atomic E-state index is 0.117. The zero-order chi connectivity index (χ0) is 15.7. The van der Waals surface area contributed by atoms with E-state index in [-0.39, 0.29) is 17.0 Å². The summed E-state index contributed by atoms with van der Waals surface area (Å²) >= 11 is 6.22. The lowest BCUT2D eigenvalue weighted by Gasteiger charge is -2.39. The van der Waals surface area contributed by atoms with E-state index in [4.69, 9.17) is 11.6 Å². The fraction of sp³-hybridized carbons (Fsp3) is 0.167. The first-order chi connectivity index (χ1) is 10.5. The lowest BCUT2D eigenvalue weighted by Crippen LogP contribution is -2.46. The van der Waals surface area contributed by atoms with Crippen LogP contribution in [0.1, 0.15) is 24.1 Å². The van der Waals surface area contributed by atoms with Crippen LogP contribution in [0.4, 0.5) is 0 Å². The third-order valence-corrected chi connectivity index (χ3v) is 4.39. The van der Waals surface area contributed by atoms with Gasteiger partial charge in [-0.15, -0.1) is 0 Å². The van der Waals surface area contributed by atoms with Gasteiger partial charge >= 0.3 is 0 Å². The zero-order valence-electron chi connectivity index (χ0n) is 12.1. The highest BCUT2D eigenvalue weighted by Gasteiger charge is 2.49. The Balaban J connectivity index is 2.08. The fourth-order valence-electron chi connectivity index (χ4n) is 2.85. The summed E-state index contributed by atoms with van der Waals surface area (Å²) in [5.74, 6) is -0.298. The molecule has 3 rings (SSSR count). The van der Waals surface area contributed by atoms with Crippen molar-refractivity contribution in [1.82, 2.24) is 4.90 Å². The van der Waals surface area contributed by atoms with Gasteiger partial charge in [-0.25, -0.2) is 0 Å². The van der Waals surface area contributed by atoms with Crippen molar-refractivity contribution in [3.05, 3.63) is 82.9 Å². The van der Waals surface area contributed by atoms with Crippen LogP contribution in [-0.2, 0) is 10.5 Å². The van der Waals surface area contributed by atoms with E-state index in [0.717, 1.165) is 5.56 Å². The van der Waals surface area contributed by atoms with Gasteiger partial charge in [-0.3, -0.25) is 9.69 Å². The van der Waals surface area contributed by atoms with E-state index in [9.17, 15) is 9.90 Å². The number of benzene rings is 2. The first-order valence-corrected chi connectivity index (χ1v) is 7.46. The van der Waals surface area contributed by atoms with Crippen LogP contribution in [0.3, 0.4) is 0 Å². The molecule has 0 aliphatic carbocycles. The second kappa shape index (κ2) is 5.59. The van der Waals surface area contributed by atoms with Crippen LogP contribution in [0.15, 0.2) is 71.8 Å². The van der Waals surface area contributed by atoms with Gasteiger partial charge in [-0.05, 0) is 12.5 Å². The molecule has 1 aliphatic heterocycles. The average Bonchev–Trinajstić information content (AvgIpc) is 2.79. The predicted molar refractivity (Wildman–Crippen MR) is 86.0 cm³/mol. The molecule has 1 amide bonds. The van der Waals surface area contributed by atoms with Crippen molar-refractivity contribution in [3.63, 3.8) is 0 Å². The molecule has 1 aliphatic rings. The van der Waals surface area contributed by atoms with E-state index >= 15 is 0 Å². The summed E-state index contributed by atoms with van der Waals surface area (Å²) in [5.41, 5.74) is -0.121. The van der Waals surface area contributed by atoms with Gasteiger partial charge in [0.05, 0.1) is 11.1 Å². The van der Waals surface area contributed by atoms with E-state index in [1.165, 1.54) is 11.0 Å². The molecule has 0 fully saturated rings. The first kappa shape index (κ1) is 14.8. The number of hydrogen-bond acceptors (Lipinski definition) is 2. The number of halogens is 1. The number of hydrogen-bond donors (Lipinski definition) is 1. The van der Waals surface area contributed by atoms with E-state index < -0.39 is 5.72 Å². The van der Waals surface area contributed by atoms with Gasteiger partial charge in [0.15, 0.2) is 0 Å². The van der Waals surface area contributed by atoms with Crippen molar-refractivity contribution in [3.8, 4) is 0 Å². The van der Waals surface area contributed by atoms with Gasteiger partial charge in [0.1, 0.15) is 0 Å². The molecule has 0 radical (unpaired) electrons. The van der Waals surface area contributed by atoms with Crippen molar-refractivity contribution in [2.75, 3.05) is 0 Å². The molecular formula is C18H16ClNO2. The Kier molecular flexibility index (Phi) is 3.77. The molecule has 0 aromatic heterocycles. The monoisotopic (exact) mass is 313 g/mol. The molecule has 0 saturated carbocycles. The molecule has 1 N–H and O–H groups in total. The summed E-state index contributed by atoms with van der Waals surface area (Å²) < 4.78 is 0. The molecule has 4 heteroatoms. The Morgan fingerprint density at radius 2 is 1.59 bits per heavy atom. The number of carbonyl (C=O) groups is 1. The Morgan fingerprint density at radius 3 is 2.18 bits per heavy atom. The smallest absolute Gasteiger partial charge is 0.251 e. The van der Waals surface area contributed by atoms with E-state index in [2.05, 4.69) is 0 Å². The van der Waals surface area contributed by atoms with Crippen molar-refractivity contribution in [2.24, 2.45) is 0 Å². The Bertz CT molecular complexity index is 714. The maximum atomic E-state index is 12.4. The molecule has 2 aromatic rings. The van der Waals surface area contributed by atoms with Crippen molar-refractivity contribution in [2.45, 2.75) is 18.7 Å². The van der Waals surface area contributed by atoms with Gasteiger partial charge in [-0.1, -0.05) is 72.3 Å². The van der Waals surface area contributed by atoms with Gasteiger partial charge in [-0.2, -0.15) is 0 Å². The van der Waals surface area contributed by atoms with Crippen LogP contribution in [-0.4, -0.2) is 15.9 Å². The molecule has 2 atom stereocenters. The lowest BCUT2D eigenvalue weighted by molar-refractivity contribution is -0.149. The van der Waals surface area contributed by atoms with E-state index in [0.29, 0.717) is 5.56 Å². The average molecular weight is 314 g/mol. The van der Waals surface area contributed by atoms with Crippen molar-refractivity contribution in [1.29, 1.82) is 0 Å². The van der Waals surface area contributed by atoms with Crippen molar-refractivity contribution >= 4 is 17.5 Å². The summed E-state index contributed by atoms with van der Waals surface area (Å²) in [6.45, 7) is 1.88. The molecule has 2 aromatic carbocycles. The van der Waals surface area contributed by atoms with Crippen molar-refractivity contribution < 1.29 is 9.90 Å². The van der Waals surface area contributed by atoms with Crippen LogP contribution in [0.5, 0.6) is 0 Å². The number of rotatable bonds is 3. The minimum atomic E-state index is -1.63. The highest BCUT2D eigenvalue weighted by Crippen LogP contribution is 2.44. The van der Waals surface area contributed by atoms with Gasteiger partial charge in [0.2, 0.25) is 5.72 Å². The Labute approximate surface area is 134 Å². The third-order valence-electron chi connectivity index (χ3n) is 4.01. The SMILES string of the molecule is C[C@@H](c1ccccc1)N1C(=O)C=C(Cl)C1(O)c1ccccc1. The molecule has 1 unspecified atom stereocenters. The summed E-state index contributed by atoms with van der Waals surface area (Å²) in [6, 6.07) is 18.3. The highest BCUT2D eigenvalue weighted by molar-refractivity contribution is 6.33. The number of carbonyl (C=O) groups excluding carboxylic acids is 1. The van der Waals surface area contributed by atoms with E-state index in [1.54, 1.807) is 12.1 Å². The highest BCUT2D eigenvalue weighted by atomic mass is 35.5. The first-order valence-electron chi connectivity index (χ1n) is 7.09. The molecule has 0 spiro atoms. The maximum Gasteiger partial charge on any atom is 0.251 e. The largest absolute Gasteiger partial charge is 0.362 e. The van der Waals surface area contributed by atoms with Crippen LogP contribution in [0.25, 0.3) is 0 Å². The summed E-state index contributed by atoms with van der Waals surface area (Å²) in [4.78, 5) is 13.8. The van der Waals surface area contributed by atoms with Gasteiger partial charge in [0.25, 0.3) is 5.91 Å². The molecular weight excluding hydrogens is 298 g/mol. The number of aliphatic hydroxyl groups is 1. The van der Waals surface area contributed by atoms with Gasteiger partial charge < -0.3 is 5.11 Å². The van der Waals surface area contributed by atoms with Crippen LogP contribution in [0, 0.1) is 0 Å². The number of nitrogens with zero attached hydrogens (tertiary/aromatic N) is 1. The summed E-state index contributed by atoms with van der Waals surface area (Å²) in [5, 5.41) is 11.3. The predicted octanol–water partition coefficient (Wildman–Crippen LogP) is 3.56. The second-order valence-corrected chi connectivity index (χ2v) is 5.73. The summed E-state index contributed by atoms with van der Waals surface area (Å²) in [7, 11) is 0. The summed E-state index contributed by atoms with van der Waals surface area (Å²) in [6.07, 6.45) is 1.29. The molecule has 22 heavy (non-hydrogen) atoms. The minimum Gasteiger partial charge on any atom is -0.362 e. The topological polar surface area (TPSA) is 40.5 Å². The van der Waals surface area contributed by atoms with Crippen LogP contribution in [0.2, 0.25) is 0 Å². The second-order valence-electron chi connectivity index (χ2n) is 5.33. The quantitative estimate of drug-likeness (QED) is 0.941. The van der Waals surface area contributed by atoms with Crippen LogP contribution < -0.4 is 0 Å². The Hall–Kier alpha value is -2.10. The molecule has 0 saturated heterocycles. The third kappa shape index (κ3) is 2.23. The fourth-order valence-corrected chi connectivity index (χ4v) is 3.15. The molecule has 3 nitrogen and oxygen atoms in total. The molecule has 0 bridgehead atoms. The number of amides is 1. The standard InChI is InChI=1S/C18H16ClNO2/c1-13(14-8-4-2-5-9-14)20-17(21)12-16(19)18(20,22)15-10-6-3-7-11-15/h2-13,22H,1H3/t13-,18?/m0/s1. The zero-order valence-corrected chi connectivity index (χ0v) is 12.9. The normalized spacial score (nSPS) is 22.6. The van der Waals surface area contributed by atoms with Gasteiger partial charge in [0, 0.05) is 11.6 Å². The lowest BCUT2D eigenvalue weighted by atomic mass is 9.98. The Morgan fingerprint density at radius 1 is 1.05 bits per heavy atom. The van der Waals surface area contributed by atoms with Crippen LogP contribution >= 0.6 is 11.6 Å². The maximum absolute atomic E-state index is 12.4. The molecule has 112 valence electrons.